The van der Waals surface area contributed by atoms with Gasteiger partial charge in [-0.1, -0.05) is 0 Å². The van der Waals surface area contributed by atoms with Gasteiger partial charge in [0.15, 0.2) is 5.82 Å². The minimum Gasteiger partial charge on any atom is -0.369 e. The smallest absolute Gasteiger partial charge is 0.152 e. The molecule has 0 bridgehead atoms. The van der Waals surface area contributed by atoms with E-state index in [2.05, 4.69) is 14.8 Å². The Morgan fingerprint density at radius 1 is 1.09 bits per heavy atom. The molecule has 2 saturated heterocycles. The van der Waals surface area contributed by atoms with Gasteiger partial charge >= 0.3 is 0 Å². The van der Waals surface area contributed by atoms with Crippen LogP contribution in [0.25, 0.3) is 10.9 Å². The fourth-order valence-corrected chi connectivity index (χ4v) is 3.81. The first-order valence-electron chi connectivity index (χ1n) is 7.95. The van der Waals surface area contributed by atoms with Gasteiger partial charge in [-0.15, -0.1) is 0 Å². The van der Waals surface area contributed by atoms with Gasteiger partial charge in [0.1, 0.15) is 11.3 Å². The van der Waals surface area contributed by atoms with Crippen molar-refractivity contribution in [3.63, 3.8) is 0 Å². The first-order valence-corrected chi connectivity index (χ1v) is 7.95. The Labute approximate surface area is 128 Å². The number of fused-ring (bicyclic) bond motifs is 1. The molecule has 116 valence electrons. The summed E-state index contributed by atoms with van der Waals surface area (Å²) >= 11 is 0. The molecule has 0 aliphatic carbocycles. The molecule has 2 aliphatic heterocycles. The monoisotopic (exact) mass is 303 g/mol. The summed E-state index contributed by atoms with van der Waals surface area (Å²) in [5.41, 5.74) is 1.15. The molecule has 1 aromatic carbocycles. The Bertz CT molecular complexity index is 698. The zero-order valence-electron chi connectivity index (χ0n) is 12.4. The molecule has 2 aliphatic rings. The third kappa shape index (κ3) is 2.33. The average Bonchev–Trinajstić information content (AvgIpc) is 3.18. The standard InChI is InChI=1S/C17H19F2N3/c18-12-9-14-16(3-5-20-17(14)15(19)10-12)22-8-4-13(11-22)21-6-1-2-7-21/h3,5,9-10,13H,1-2,4,6-8,11H2. The molecule has 1 aromatic heterocycles. The molecule has 0 saturated carbocycles. The molecule has 0 amide bonds. The lowest BCUT2D eigenvalue weighted by Crippen LogP contribution is -2.35. The first-order chi connectivity index (χ1) is 10.7. The second-order valence-corrected chi connectivity index (χ2v) is 6.25. The van der Waals surface area contributed by atoms with Gasteiger partial charge in [0.2, 0.25) is 0 Å². The van der Waals surface area contributed by atoms with E-state index in [1.165, 1.54) is 32.0 Å². The molecule has 22 heavy (non-hydrogen) atoms. The maximum absolute atomic E-state index is 13.9. The van der Waals surface area contributed by atoms with Gasteiger partial charge in [-0.25, -0.2) is 8.78 Å². The lowest BCUT2D eigenvalue weighted by Gasteiger charge is -2.25. The maximum atomic E-state index is 13.9. The van der Waals surface area contributed by atoms with Crippen molar-refractivity contribution in [3.8, 4) is 0 Å². The summed E-state index contributed by atoms with van der Waals surface area (Å²) < 4.78 is 27.5. The number of hydrogen-bond donors (Lipinski definition) is 0. The normalized spacial score (nSPS) is 22.8. The highest BCUT2D eigenvalue weighted by molar-refractivity contribution is 5.92. The third-order valence-corrected chi connectivity index (χ3v) is 4.90. The Kier molecular flexibility index (Phi) is 3.45. The van der Waals surface area contributed by atoms with Gasteiger partial charge in [0.05, 0.1) is 0 Å². The van der Waals surface area contributed by atoms with E-state index in [0.717, 1.165) is 31.3 Å². The molecule has 0 spiro atoms. The van der Waals surface area contributed by atoms with E-state index in [1.54, 1.807) is 6.20 Å². The number of likely N-dealkylation sites (tertiary alicyclic amines) is 1. The molecule has 4 rings (SSSR count). The van der Waals surface area contributed by atoms with Crippen LogP contribution in [0.5, 0.6) is 0 Å². The minimum atomic E-state index is -0.591. The zero-order valence-corrected chi connectivity index (χ0v) is 12.4. The minimum absolute atomic E-state index is 0.253. The second kappa shape index (κ2) is 5.47. The summed E-state index contributed by atoms with van der Waals surface area (Å²) in [4.78, 5) is 8.86. The third-order valence-electron chi connectivity index (χ3n) is 4.90. The molecule has 0 radical (unpaired) electrons. The molecule has 5 heteroatoms. The largest absolute Gasteiger partial charge is 0.369 e. The predicted octanol–water partition coefficient (Wildman–Crippen LogP) is 3.19. The van der Waals surface area contributed by atoms with Crippen molar-refractivity contribution < 1.29 is 8.78 Å². The van der Waals surface area contributed by atoms with Crippen LogP contribution in [0.4, 0.5) is 14.5 Å². The highest BCUT2D eigenvalue weighted by Gasteiger charge is 2.30. The highest BCUT2D eigenvalue weighted by atomic mass is 19.1. The lowest BCUT2D eigenvalue weighted by atomic mass is 10.1. The lowest BCUT2D eigenvalue weighted by molar-refractivity contribution is 0.260. The summed E-state index contributed by atoms with van der Waals surface area (Å²) in [6.07, 6.45) is 5.29. The maximum Gasteiger partial charge on any atom is 0.152 e. The van der Waals surface area contributed by atoms with Crippen molar-refractivity contribution in [2.75, 3.05) is 31.1 Å². The van der Waals surface area contributed by atoms with Crippen LogP contribution in [-0.2, 0) is 0 Å². The van der Waals surface area contributed by atoms with Gasteiger partial charge in [-0.2, -0.15) is 0 Å². The Morgan fingerprint density at radius 3 is 2.73 bits per heavy atom. The van der Waals surface area contributed by atoms with Crippen molar-refractivity contribution in [2.24, 2.45) is 0 Å². The van der Waals surface area contributed by atoms with Crippen LogP contribution >= 0.6 is 0 Å². The van der Waals surface area contributed by atoms with Crippen molar-refractivity contribution in [3.05, 3.63) is 36.0 Å². The fourth-order valence-electron chi connectivity index (χ4n) is 3.81. The van der Waals surface area contributed by atoms with Crippen LogP contribution in [0.2, 0.25) is 0 Å². The number of hydrogen-bond acceptors (Lipinski definition) is 3. The average molecular weight is 303 g/mol. The van der Waals surface area contributed by atoms with Crippen molar-refractivity contribution >= 4 is 16.6 Å². The van der Waals surface area contributed by atoms with E-state index >= 15 is 0 Å². The van der Waals surface area contributed by atoms with Gasteiger partial charge in [-0.05, 0) is 44.5 Å². The number of rotatable bonds is 2. The van der Waals surface area contributed by atoms with E-state index in [0.29, 0.717) is 11.4 Å². The van der Waals surface area contributed by atoms with Gasteiger partial charge in [0.25, 0.3) is 0 Å². The molecule has 1 atom stereocenters. The van der Waals surface area contributed by atoms with Crippen molar-refractivity contribution in [1.29, 1.82) is 0 Å². The van der Waals surface area contributed by atoms with Crippen LogP contribution < -0.4 is 4.90 Å². The van der Waals surface area contributed by atoms with Gasteiger partial charge in [-0.3, -0.25) is 9.88 Å². The molecule has 3 nitrogen and oxygen atoms in total. The number of benzene rings is 1. The molecule has 3 heterocycles. The Hall–Kier alpha value is -1.75. The molecule has 0 N–H and O–H groups in total. The number of anilines is 1. The highest BCUT2D eigenvalue weighted by Crippen LogP contribution is 2.31. The van der Waals surface area contributed by atoms with Crippen LogP contribution in [0.3, 0.4) is 0 Å². The summed E-state index contributed by atoms with van der Waals surface area (Å²) in [5.74, 6) is -1.14. The number of aromatic nitrogens is 1. The van der Waals surface area contributed by atoms with Crippen LogP contribution in [-0.4, -0.2) is 42.1 Å². The quantitative estimate of drug-likeness (QED) is 0.849. The molecule has 1 unspecified atom stereocenters. The van der Waals surface area contributed by atoms with Gasteiger partial charge in [0, 0.05) is 42.5 Å². The summed E-state index contributed by atoms with van der Waals surface area (Å²) in [6.45, 7) is 4.22. The summed E-state index contributed by atoms with van der Waals surface area (Å²) in [6, 6.07) is 4.72. The zero-order chi connectivity index (χ0) is 15.1. The van der Waals surface area contributed by atoms with Crippen LogP contribution in [0.1, 0.15) is 19.3 Å². The van der Waals surface area contributed by atoms with E-state index in [1.807, 2.05) is 6.07 Å². The first kappa shape index (κ1) is 13.9. The number of nitrogens with zero attached hydrogens (tertiary/aromatic N) is 3. The Balaban J connectivity index is 1.67. The molecular formula is C17H19F2N3. The molecule has 2 fully saturated rings. The van der Waals surface area contributed by atoms with Gasteiger partial charge < -0.3 is 4.90 Å². The Morgan fingerprint density at radius 2 is 1.91 bits per heavy atom. The van der Waals surface area contributed by atoms with Crippen LogP contribution in [0, 0.1) is 11.6 Å². The SMILES string of the molecule is Fc1cc(F)c2nccc(N3CCC(N4CCCC4)C3)c2c1. The summed E-state index contributed by atoms with van der Waals surface area (Å²) in [7, 11) is 0. The van der Waals surface area contributed by atoms with Crippen molar-refractivity contribution in [1.82, 2.24) is 9.88 Å². The van der Waals surface area contributed by atoms with Crippen LogP contribution in [0.15, 0.2) is 24.4 Å². The van der Waals surface area contributed by atoms with E-state index in [9.17, 15) is 8.78 Å². The number of halogens is 2. The summed E-state index contributed by atoms with van der Waals surface area (Å²) in [5, 5.41) is 0.571. The topological polar surface area (TPSA) is 19.4 Å². The van der Waals surface area contributed by atoms with Crippen molar-refractivity contribution in [2.45, 2.75) is 25.3 Å². The fraction of sp³-hybridized carbons (Fsp3) is 0.471. The second-order valence-electron chi connectivity index (χ2n) is 6.25. The number of pyridine rings is 1. The van der Waals surface area contributed by atoms with E-state index in [-0.39, 0.29) is 5.52 Å². The molecular weight excluding hydrogens is 284 g/mol. The molecule has 2 aromatic rings. The predicted molar refractivity (Wildman–Crippen MR) is 83.1 cm³/mol. The van der Waals surface area contributed by atoms with E-state index in [4.69, 9.17) is 0 Å². The van der Waals surface area contributed by atoms with E-state index < -0.39 is 11.6 Å².